The van der Waals surface area contributed by atoms with Gasteiger partial charge in [0.1, 0.15) is 0 Å². The second-order valence-corrected chi connectivity index (χ2v) is 10.4. The van der Waals surface area contributed by atoms with Crippen molar-refractivity contribution in [1.29, 1.82) is 0 Å². The summed E-state index contributed by atoms with van der Waals surface area (Å²) in [5.74, 6) is 0. The van der Waals surface area contributed by atoms with Crippen LogP contribution in [-0.2, 0) is 16.3 Å². The molecule has 1 aliphatic heterocycles. The van der Waals surface area contributed by atoms with Gasteiger partial charge in [-0.3, -0.25) is 0 Å². The average Bonchev–Trinajstić information content (AvgIpc) is 2.48. The summed E-state index contributed by atoms with van der Waals surface area (Å²) in [7, 11) is -4.25. The van der Waals surface area contributed by atoms with Crippen LogP contribution in [0.15, 0.2) is 46.2 Å². The van der Waals surface area contributed by atoms with Gasteiger partial charge in [0.15, 0.2) is 0 Å². The second-order valence-electron chi connectivity index (χ2n) is 5.77. The van der Waals surface area contributed by atoms with Crippen molar-refractivity contribution in [3.8, 4) is 0 Å². The minimum absolute atomic E-state index is 0.333. The molecule has 1 unspecified atom stereocenters. The minimum Gasteiger partial charge on any atom is -0.398 e. The molecule has 116 valence electrons. The van der Waals surface area contributed by atoms with E-state index in [1.807, 2.05) is 25.1 Å². The number of anilines is 1. The normalized spacial score (nSPS) is 18.8. The Hall–Kier alpha value is -1.38. The Morgan fingerprint density at radius 3 is 2.41 bits per heavy atom. The molecule has 2 aromatic carbocycles. The van der Waals surface area contributed by atoms with E-state index in [0.29, 0.717) is 21.1 Å². The van der Waals surface area contributed by atoms with Crippen molar-refractivity contribution >= 4 is 34.1 Å². The van der Waals surface area contributed by atoms with Crippen molar-refractivity contribution in [1.82, 2.24) is 0 Å². The Balaban J connectivity index is 2.43. The van der Waals surface area contributed by atoms with Crippen LogP contribution in [0.3, 0.4) is 0 Å². The third-order valence-corrected chi connectivity index (χ3v) is 9.17. The molecule has 0 aliphatic carbocycles. The Morgan fingerprint density at radius 1 is 1.09 bits per heavy atom. The molecule has 0 bridgehead atoms. The molecule has 1 heterocycles. The van der Waals surface area contributed by atoms with Crippen molar-refractivity contribution in [3.63, 3.8) is 0 Å². The summed E-state index contributed by atoms with van der Waals surface area (Å²) in [6.45, 7) is 6.32. The zero-order valence-corrected chi connectivity index (χ0v) is 14.7. The summed E-state index contributed by atoms with van der Waals surface area (Å²) in [6.07, 6.45) is 0.808. The fourth-order valence-electron chi connectivity index (χ4n) is 3.06. The predicted molar refractivity (Wildman–Crippen MR) is 93.5 cm³/mol. The number of fused-ring (bicyclic) bond motifs is 2. The molecule has 5 heteroatoms. The maximum absolute atomic E-state index is 13.0. The first-order valence-corrected chi connectivity index (χ1v) is 10.3. The lowest BCUT2D eigenvalue weighted by molar-refractivity contribution is 0.597. The monoisotopic (exact) mass is 333 g/mol. The third kappa shape index (κ3) is 2.09. The number of hydrogen-bond acceptors (Lipinski definition) is 3. The zero-order chi connectivity index (χ0) is 16.1. The van der Waals surface area contributed by atoms with Crippen LogP contribution >= 0.6 is 7.92 Å². The lowest BCUT2D eigenvalue weighted by Crippen LogP contribution is -2.34. The van der Waals surface area contributed by atoms with Crippen LogP contribution < -0.4 is 16.3 Å². The summed E-state index contributed by atoms with van der Waals surface area (Å²) in [5, 5.41) is 1.78. The number of sulfone groups is 1. The Bertz CT molecular complexity index is 844. The smallest absolute Gasteiger partial charge is 0.207 e. The summed E-state index contributed by atoms with van der Waals surface area (Å²) < 4.78 is 25.9. The largest absolute Gasteiger partial charge is 0.398 e. The Morgan fingerprint density at radius 2 is 1.77 bits per heavy atom. The van der Waals surface area contributed by atoms with Crippen molar-refractivity contribution in [2.75, 3.05) is 5.73 Å². The molecule has 0 amide bonds. The van der Waals surface area contributed by atoms with Gasteiger partial charge in [-0.2, -0.15) is 0 Å². The van der Waals surface area contributed by atoms with E-state index < -0.39 is 17.8 Å². The highest BCUT2D eigenvalue weighted by Crippen LogP contribution is 2.49. The van der Waals surface area contributed by atoms with Crippen molar-refractivity contribution < 1.29 is 8.42 Å². The average molecular weight is 333 g/mol. The molecule has 0 fully saturated rings. The van der Waals surface area contributed by atoms with Crippen LogP contribution in [-0.4, -0.2) is 14.1 Å². The first kappa shape index (κ1) is 15.5. The maximum Gasteiger partial charge on any atom is 0.207 e. The van der Waals surface area contributed by atoms with Crippen LogP contribution in [0, 0.1) is 0 Å². The van der Waals surface area contributed by atoms with Crippen LogP contribution in [0.1, 0.15) is 26.3 Å². The molecular weight excluding hydrogens is 313 g/mol. The number of nitrogen functional groups attached to an aromatic ring is 1. The van der Waals surface area contributed by atoms with Crippen LogP contribution in [0.4, 0.5) is 5.69 Å². The van der Waals surface area contributed by atoms with E-state index in [9.17, 15) is 8.42 Å². The van der Waals surface area contributed by atoms with E-state index in [4.69, 9.17) is 5.73 Å². The fourth-order valence-corrected chi connectivity index (χ4v) is 8.41. The van der Waals surface area contributed by atoms with Gasteiger partial charge < -0.3 is 5.73 Å². The van der Waals surface area contributed by atoms with E-state index in [1.54, 1.807) is 18.2 Å². The van der Waals surface area contributed by atoms with Gasteiger partial charge in [-0.1, -0.05) is 45.0 Å². The van der Waals surface area contributed by atoms with E-state index in [1.165, 1.54) is 0 Å². The molecule has 0 saturated carbocycles. The lowest BCUT2D eigenvalue weighted by atomic mass is 10.1. The fraction of sp³-hybridized carbons (Fsp3) is 0.294. The highest BCUT2D eigenvalue weighted by Gasteiger charge is 2.38. The van der Waals surface area contributed by atoms with Gasteiger partial charge in [0.2, 0.25) is 9.84 Å². The number of nitrogens with two attached hydrogens (primary N) is 1. The topological polar surface area (TPSA) is 60.2 Å². The molecule has 2 N–H and O–H groups in total. The number of aryl methyl sites for hydroxylation is 1. The zero-order valence-electron chi connectivity index (χ0n) is 13.0. The van der Waals surface area contributed by atoms with E-state index in [-0.39, 0.29) is 0 Å². The third-order valence-electron chi connectivity index (χ3n) is 4.11. The molecule has 1 atom stereocenters. The molecule has 0 spiro atoms. The molecule has 0 saturated heterocycles. The second kappa shape index (κ2) is 5.36. The first-order chi connectivity index (χ1) is 10.4. The van der Waals surface area contributed by atoms with Crippen molar-refractivity contribution in [2.45, 2.75) is 42.6 Å². The SMILES string of the molecule is CCc1ccc2c(c1N)P(C(C)C)c1ccccc1S2(=O)=O. The Kier molecular flexibility index (Phi) is 3.78. The number of rotatable bonds is 2. The predicted octanol–water partition coefficient (Wildman–Crippen LogP) is 2.82. The quantitative estimate of drug-likeness (QED) is 0.679. The highest BCUT2D eigenvalue weighted by molar-refractivity contribution is 7.94. The molecule has 22 heavy (non-hydrogen) atoms. The summed E-state index contributed by atoms with van der Waals surface area (Å²) in [4.78, 5) is 0.853. The first-order valence-electron chi connectivity index (χ1n) is 7.44. The molecule has 1 aliphatic rings. The van der Waals surface area contributed by atoms with Gasteiger partial charge >= 0.3 is 0 Å². The van der Waals surface area contributed by atoms with Crippen LogP contribution in [0.5, 0.6) is 0 Å². The number of benzene rings is 2. The lowest BCUT2D eigenvalue weighted by Gasteiger charge is -2.32. The standard InChI is InChI=1S/C17H20NO2PS/c1-4-12-9-10-15-17(16(12)18)21(11(2)3)13-7-5-6-8-14(13)22(15,19)20/h5-11H,4,18H2,1-3H3. The van der Waals surface area contributed by atoms with Gasteiger partial charge in [0.05, 0.1) is 9.79 Å². The molecule has 2 aromatic rings. The van der Waals surface area contributed by atoms with Gasteiger partial charge in [-0.15, -0.1) is 0 Å². The summed E-state index contributed by atoms with van der Waals surface area (Å²) in [6, 6.07) is 11.0. The molecule has 3 rings (SSSR count). The summed E-state index contributed by atoms with van der Waals surface area (Å²) >= 11 is 0. The van der Waals surface area contributed by atoms with E-state index in [0.717, 1.165) is 22.6 Å². The summed E-state index contributed by atoms with van der Waals surface area (Å²) in [5.41, 5.74) is 8.40. The molecule has 0 radical (unpaired) electrons. The number of hydrogen-bond donors (Lipinski definition) is 1. The van der Waals surface area contributed by atoms with Gasteiger partial charge in [0.25, 0.3) is 0 Å². The van der Waals surface area contributed by atoms with Crippen molar-refractivity contribution in [3.05, 3.63) is 42.0 Å². The van der Waals surface area contributed by atoms with Crippen LogP contribution in [0.2, 0.25) is 0 Å². The Labute approximate surface area is 133 Å². The molecular formula is C17H20NO2PS. The maximum atomic E-state index is 13.0. The molecule has 3 nitrogen and oxygen atoms in total. The van der Waals surface area contributed by atoms with Gasteiger partial charge in [0, 0.05) is 11.0 Å². The van der Waals surface area contributed by atoms with Gasteiger partial charge in [-0.25, -0.2) is 8.42 Å². The van der Waals surface area contributed by atoms with E-state index >= 15 is 0 Å². The van der Waals surface area contributed by atoms with E-state index in [2.05, 4.69) is 13.8 Å². The minimum atomic E-state index is -3.48. The van der Waals surface area contributed by atoms with Gasteiger partial charge in [-0.05, 0) is 43.0 Å². The van der Waals surface area contributed by atoms with Crippen LogP contribution in [0.25, 0.3) is 0 Å². The molecule has 0 aromatic heterocycles. The van der Waals surface area contributed by atoms with Crippen molar-refractivity contribution in [2.24, 2.45) is 0 Å². The highest BCUT2D eigenvalue weighted by atomic mass is 32.2.